The number of nitrogens with zero attached hydrogens (tertiary/aromatic N) is 4. The predicted molar refractivity (Wildman–Crippen MR) is 93.8 cm³/mol. The maximum absolute atomic E-state index is 13.0. The molecule has 128 valence electrons. The number of aromatic nitrogens is 2. The minimum atomic E-state index is -0.227. The van der Waals surface area contributed by atoms with E-state index in [1.165, 1.54) is 23.9 Å². The fraction of sp³-hybridized carbons (Fsp3) is 0.412. The Bertz CT molecular complexity index is 680. The van der Waals surface area contributed by atoms with Gasteiger partial charge >= 0.3 is 0 Å². The number of carbonyl (C=O) groups excluding carboxylic acids is 1. The number of carbonyl (C=O) groups is 1. The van der Waals surface area contributed by atoms with Crippen molar-refractivity contribution in [3.8, 4) is 0 Å². The van der Waals surface area contributed by atoms with Crippen molar-refractivity contribution < 1.29 is 9.18 Å². The van der Waals surface area contributed by atoms with Crippen LogP contribution in [0.1, 0.15) is 6.92 Å². The molecule has 0 atom stereocenters. The quantitative estimate of drug-likeness (QED) is 0.779. The number of thioether (sulfide) groups is 1. The predicted octanol–water partition coefficient (Wildman–Crippen LogP) is 2.48. The molecule has 0 aliphatic carbocycles. The van der Waals surface area contributed by atoms with Gasteiger partial charge in [0.25, 0.3) is 0 Å². The van der Waals surface area contributed by atoms with Crippen LogP contribution in [0.3, 0.4) is 0 Å². The molecule has 5 nitrogen and oxygen atoms in total. The van der Waals surface area contributed by atoms with Crippen molar-refractivity contribution in [3.63, 3.8) is 0 Å². The Morgan fingerprint density at radius 3 is 2.58 bits per heavy atom. The van der Waals surface area contributed by atoms with E-state index in [2.05, 4.69) is 16.8 Å². The fourth-order valence-corrected chi connectivity index (χ4v) is 3.69. The number of rotatable bonds is 5. The van der Waals surface area contributed by atoms with Crippen molar-refractivity contribution >= 4 is 23.4 Å². The van der Waals surface area contributed by atoms with E-state index >= 15 is 0 Å². The van der Waals surface area contributed by atoms with E-state index < -0.39 is 0 Å². The second-order valence-electron chi connectivity index (χ2n) is 5.63. The first-order chi connectivity index (χ1) is 11.7. The number of piperazine rings is 1. The third kappa shape index (κ3) is 3.90. The van der Waals surface area contributed by atoms with Crippen LogP contribution in [-0.2, 0) is 11.3 Å². The molecule has 1 aromatic carbocycles. The minimum Gasteiger partial charge on any atom is -0.368 e. The molecule has 1 aromatic heterocycles. The first kappa shape index (κ1) is 16.8. The smallest absolute Gasteiger partial charge is 0.233 e. The molecule has 24 heavy (non-hydrogen) atoms. The Morgan fingerprint density at radius 1 is 1.21 bits per heavy atom. The van der Waals surface area contributed by atoms with Crippen molar-refractivity contribution in [3.05, 3.63) is 42.5 Å². The molecule has 0 unspecified atom stereocenters. The Kier molecular flexibility index (Phi) is 5.40. The standard InChI is InChI=1S/C17H21FN4OS/c1-2-20-8-7-19-17(20)24-13-16(23)22-11-9-21(10-12-22)15-5-3-14(18)4-6-15/h3-8H,2,9-13H2,1H3. The SMILES string of the molecule is CCn1ccnc1SCC(=O)N1CCN(c2ccc(F)cc2)CC1. The summed E-state index contributed by atoms with van der Waals surface area (Å²) in [5, 5.41) is 0.885. The molecule has 1 aliphatic heterocycles. The molecule has 7 heteroatoms. The van der Waals surface area contributed by atoms with Gasteiger partial charge in [0, 0.05) is 50.8 Å². The van der Waals surface area contributed by atoms with Gasteiger partial charge in [-0.1, -0.05) is 11.8 Å². The molecule has 3 rings (SSSR count). The summed E-state index contributed by atoms with van der Waals surface area (Å²) in [5.41, 5.74) is 1.00. The monoisotopic (exact) mass is 348 g/mol. The van der Waals surface area contributed by atoms with E-state index in [9.17, 15) is 9.18 Å². The van der Waals surface area contributed by atoms with E-state index in [0.717, 1.165) is 30.5 Å². The molecule has 0 bridgehead atoms. The van der Waals surface area contributed by atoms with Gasteiger partial charge in [-0.2, -0.15) is 0 Å². The number of imidazole rings is 1. The van der Waals surface area contributed by atoms with Gasteiger partial charge < -0.3 is 14.4 Å². The molecule has 2 aromatic rings. The Morgan fingerprint density at radius 2 is 1.92 bits per heavy atom. The lowest BCUT2D eigenvalue weighted by atomic mass is 10.2. The highest BCUT2D eigenvalue weighted by Crippen LogP contribution is 2.19. The lowest BCUT2D eigenvalue weighted by Gasteiger charge is -2.36. The molecular weight excluding hydrogens is 327 g/mol. The third-order valence-corrected chi connectivity index (χ3v) is 5.16. The van der Waals surface area contributed by atoms with Gasteiger partial charge in [-0.25, -0.2) is 9.37 Å². The van der Waals surface area contributed by atoms with Crippen LogP contribution < -0.4 is 4.90 Å². The van der Waals surface area contributed by atoms with Crippen LogP contribution in [0.15, 0.2) is 41.8 Å². The molecule has 0 spiro atoms. The molecule has 1 aliphatic rings. The number of halogens is 1. The number of aryl methyl sites for hydroxylation is 1. The van der Waals surface area contributed by atoms with E-state index in [-0.39, 0.29) is 11.7 Å². The lowest BCUT2D eigenvalue weighted by Crippen LogP contribution is -2.49. The maximum Gasteiger partial charge on any atom is 0.233 e. The molecule has 1 amide bonds. The molecular formula is C17H21FN4OS. The first-order valence-corrected chi connectivity index (χ1v) is 9.08. The average molecular weight is 348 g/mol. The van der Waals surface area contributed by atoms with Crippen LogP contribution in [-0.4, -0.2) is 52.3 Å². The summed E-state index contributed by atoms with van der Waals surface area (Å²) in [5.74, 6) is 0.326. The van der Waals surface area contributed by atoms with Crippen LogP contribution in [0.25, 0.3) is 0 Å². The summed E-state index contributed by atoms with van der Waals surface area (Å²) in [6.07, 6.45) is 3.69. The van der Waals surface area contributed by atoms with Gasteiger partial charge in [-0.15, -0.1) is 0 Å². The summed E-state index contributed by atoms with van der Waals surface area (Å²) in [6.45, 7) is 5.84. The van der Waals surface area contributed by atoms with Crippen LogP contribution >= 0.6 is 11.8 Å². The zero-order valence-electron chi connectivity index (χ0n) is 13.7. The van der Waals surface area contributed by atoms with Gasteiger partial charge in [0.05, 0.1) is 5.75 Å². The zero-order valence-corrected chi connectivity index (χ0v) is 14.5. The molecule has 1 fully saturated rings. The van der Waals surface area contributed by atoms with Crippen LogP contribution in [0.5, 0.6) is 0 Å². The number of hydrogen-bond acceptors (Lipinski definition) is 4. The number of anilines is 1. The van der Waals surface area contributed by atoms with Gasteiger partial charge in [-0.3, -0.25) is 4.79 Å². The van der Waals surface area contributed by atoms with E-state index in [1.54, 1.807) is 18.3 Å². The molecule has 2 heterocycles. The topological polar surface area (TPSA) is 41.4 Å². The second-order valence-corrected chi connectivity index (χ2v) is 6.57. The summed E-state index contributed by atoms with van der Waals surface area (Å²) in [6, 6.07) is 6.51. The Balaban J connectivity index is 1.49. The molecule has 0 N–H and O–H groups in total. The summed E-state index contributed by atoms with van der Waals surface area (Å²) >= 11 is 1.48. The van der Waals surface area contributed by atoms with E-state index in [0.29, 0.717) is 18.8 Å². The van der Waals surface area contributed by atoms with Crippen molar-refractivity contribution in [1.29, 1.82) is 0 Å². The summed E-state index contributed by atoms with van der Waals surface area (Å²) < 4.78 is 15.0. The van der Waals surface area contributed by atoms with Gasteiger partial charge in [0.1, 0.15) is 5.82 Å². The van der Waals surface area contributed by atoms with Crippen LogP contribution in [0, 0.1) is 5.82 Å². The van der Waals surface area contributed by atoms with Crippen molar-refractivity contribution in [1.82, 2.24) is 14.5 Å². The third-order valence-electron chi connectivity index (χ3n) is 4.17. The highest BCUT2D eigenvalue weighted by molar-refractivity contribution is 7.99. The van der Waals surface area contributed by atoms with Crippen molar-refractivity contribution in [2.24, 2.45) is 0 Å². The van der Waals surface area contributed by atoms with Crippen molar-refractivity contribution in [2.75, 3.05) is 36.8 Å². The maximum atomic E-state index is 13.0. The highest BCUT2D eigenvalue weighted by atomic mass is 32.2. The molecule has 1 saturated heterocycles. The Hall–Kier alpha value is -2.02. The van der Waals surface area contributed by atoms with Crippen LogP contribution in [0.4, 0.5) is 10.1 Å². The second kappa shape index (κ2) is 7.70. The van der Waals surface area contributed by atoms with E-state index in [4.69, 9.17) is 0 Å². The van der Waals surface area contributed by atoms with Gasteiger partial charge in [-0.05, 0) is 31.2 Å². The summed E-state index contributed by atoms with van der Waals surface area (Å²) in [7, 11) is 0. The zero-order chi connectivity index (χ0) is 16.9. The van der Waals surface area contributed by atoms with Gasteiger partial charge in [0.15, 0.2) is 5.16 Å². The number of benzene rings is 1. The number of hydrogen-bond donors (Lipinski definition) is 0. The minimum absolute atomic E-state index is 0.143. The lowest BCUT2D eigenvalue weighted by molar-refractivity contribution is -0.128. The largest absolute Gasteiger partial charge is 0.368 e. The molecule has 0 radical (unpaired) electrons. The normalized spacial score (nSPS) is 14.9. The Labute approximate surface area is 145 Å². The van der Waals surface area contributed by atoms with E-state index in [1.807, 2.05) is 15.7 Å². The fourth-order valence-electron chi connectivity index (χ4n) is 2.76. The first-order valence-electron chi connectivity index (χ1n) is 8.09. The van der Waals surface area contributed by atoms with Crippen molar-refractivity contribution in [2.45, 2.75) is 18.6 Å². The number of amides is 1. The summed E-state index contributed by atoms with van der Waals surface area (Å²) in [4.78, 5) is 20.7. The van der Waals surface area contributed by atoms with Crippen LogP contribution in [0.2, 0.25) is 0 Å². The highest BCUT2D eigenvalue weighted by Gasteiger charge is 2.21. The van der Waals surface area contributed by atoms with Gasteiger partial charge in [0.2, 0.25) is 5.91 Å². The molecule has 0 saturated carbocycles. The average Bonchev–Trinajstić information content (AvgIpc) is 3.08.